The second-order valence-corrected chi connectivity index (χ2v) is 23.3. The Balaban J connectivity index is 1.05. The van der Waals surface area contributed by atoms with Crippen molar-refractivity contribution in [3.05, 3.63) is 315 Å². The minimum Gasteiger partial charge on any atom is -0.0622 e. The van der Waals surface area contributed by atoms with Crippen molar-refractivity contribution in [3.8, 4) is 134 Å². The van der Waals surface area contributed by atoms with Crippen molar-refractivity contribution in [2.45, 2.75) is 0 Å². The van der Waals surface area contributed by atoms with Gasteiger partial charge in [-0.1, -0.05) is 267 Å². The van der Waals surface area contributed by atoms with Gasteiger partial charge in [-0.25, -0.2) is 0 Å². The number of fused-ring (bicyclic) bond motifs is 11. The van der Waals surface area contributed by atoms with Crippen LogP contribution < -0.4 is 0 Å². The maximum absolute atomic E-state index is 2.50. The Morgan fingerprint density at radius 3 is 0.593 bits per heavy atom. The fourth-order valence-electron chi connectivity index (χ4n) is 15.1. The lowest BCUT2D eigenvalue weighted by Crippen LogP contribution is -1.97. The standard InChI is InChI=1S/C86H52/c1-9-25-53(26-10-1)61-45-65-47-63(55-29-13-3-14-30-55)51-73-75(65)71(49-61)83-77(57-33-17-5-18-34-57)69-43-41-68-67(81(69)79(85(73)83)59-37-21-7-22-38-59)42-44-70-78(58-35-19-6-20-36-58)84-72-50-62(54-27-11-2-12-28-54)46-66-48-64(56-31-15-4-16-32-56)52-74(76(66)72)86(84)80(82(68)70)60-39-23-8-24-40-60/h1-52H. The van der Waals surface area contributed by atoms with Crippen LogP contribution in [0.15, 0.2) is 315 Å². The Kier molecular flexibility index (Phi) is 10.8. The number of rotatable bonds is 8. The van der Waals surface area contributed by atoms with Crippen LogP contribution in [0.5, 0.6) is 0 Å². The molecule has 16 aromatic carbocycles. The van der Waals surface area contributed by atoms with Crippen LogP contribution in [0.1, 0.15) is 0 Å². The van der Waals surface area contributed by atoms with E-state index in [1.807, 2.05) is 0 Å². The quantitative estimate of drug-likeness (QED) is 0.133. The summed E-state index contributed by atoms with van der Waals surface area (Å²) >= 11 is 0. The summed E-state index contributed by atoms with van der Waals surface area (Å²) < 4.78 is 0. The van der Waals surface area contributed by atoms with Crippen LogP contribution in [-0.4, -0.2) is 0 Å². The molecule has 18 rings (SSSR count). The van der Waals surface area contributed by atoms with Gasteiger partial charge in [-0.05, 0) is 236 Å². The van der Waals surface area contributed by atoms with E-state index in [2.05, 4.69) is 315 Å². The molecule has 0 bridgehead atoms. The van der Waals surface area contributed by atoms with Gasteiger partial charge >= 0.3 is 0 Å². The molecule has 0 atom stereocenters. The number of benzene rings is 16. The zero-order valence-corrected chi connectivity index (χ0v) is 47.0. The van der Waals surface area contributed by atoms with Crippen molar-refractivity contribution >= 4 is 53.9 Å². The van der Waals surface area contributed by atoms with Gasteiger partial charge in [-0.3, -0.25) is 0 Å². The lowest BCUT2D eigenvalue weighted by Gasteiger charge is -2.24. The molecule has 0 amide bonds. The largest absolute Gasteiger partial charge is 0.0622 e. The molecule has 16 aromatic rings. The molecule has 0 heterocycles. The van der Waals surface area contributed by atoms with Gasteiger partial charge in [0.1, 0.15) is 0 Å². The molecule has 0 aromatic heterocycles. The fraction of sp³-hybridized carbons (Fsp3) is 0. The van der Waals surface area contributed by atoms with Crippen molar-refractivity contribution in [2.75, 3.05) is 0 Å². The molecule has 0 saturated heterocycles. The first-order valence-electron chi connectivity index (χ1n) is 30.0. The maximum Gasteiger partial charge on any atom is -0.000697 e. The van der Waals surface area contributed by atoms with Crippen LogP contribution in [-0.2, 0) is 0 Å². The highest BCUT2D eigenvalue weighted by Gasteiger charge is 2.36. The van der Waals surface area contributed by atoms with Crippen molar-refractivity contribution in [1.29, 1.82) is 0 Å². The van der Waals surface area contributed by atoms with Crippen molar-refractivity contribution < 1.29 is 0 Å². The third kappa shape index (κ3) is 7.30. The summed E-state index contributed by atoms with van der Waals surface area (Å²) in [5.74, 6) is 0. The summed E-state index contributed by atoms with van der Waals surface area (Å²) in [5, 5.41) is 12.5. The van der Waals surface area contributed by atoms with Crippen LogP contribution in [0, 0.1) is 0 Å². The first-order valence-corrected chi connectivity index (χ1v) is 30.0. The van der Waals surface area contributed by atoms with Gasteiger partial charge in [-0.15, -0.1) is 0 Å². The molecule has 0 aliphatic heterocycles. The highest BCUT2D eigenvalue weighted by Crippen LogP contribution is 2.63. The van der Waals surface area contributed by atoms with E-state index in [0.717, 1.165) is 0 Å². The molecule has 0 unspecified atom stereocenters. The van der Waals surface area contributed by atoms with E-state index in [1.54, 1.807) is 0 Å². The molecule has 0 radical (unpaired) electrons. The molecule has 0 fully saturated rings. The topological polar surface area (TPSA) is 0 Å². The van der Waals surface area contributed by atoms with Crippen LogP contribution in [0.3, 0.4) is 0 Å². The SMILES string of the molecule is c1ccc(-c2cc3c4c(cc(-c5ccccc5)cc4c2)-c2c-3c(-c3ccccc3)c3ccc4c(ccc5c(-c6ccccc6)c6c(c(-c7ccccc7)c54)-c4cc(-c5ccccc5)cc5cc(-c7ccccc7)cc-6c45)c3c2-c2ccccc2)cc1. The van der Waals surface area contributed by atoms with Crippen molar-refractivity contribution in [1.82, 2.24) is 0 Å². The minimum absolute atomic E-state index is 1.20. The second-order valence-electron chi connectivity index (χ2n) is 23.3. The van der Waals surface area contributed by atoms with E-state index in [-0.39, 0.29) is 0 Å². The molecule has 0 saturated carbocycles. The van der Waals surface area contributed by atoms with E-state index in [9.17, 15) is 0 Å². The second kappa shape index (κ2) is 19.2. The highest BCUT2D eigenvalue weighted by atomic mass is 14.4. The van der Waals surface area contributed by atoms with Gasteiger partial charge in [0.15, 0.2) is 0 Å². The van der Waals surface area contributed by atoms with E-state index in [4.69, 9.17) is 0 Å². The van der Waals surface area contributed by atoms with Crippen LogP contribution in [0.4, 0.5) is 0 Å². The molecule has 2 aliphatic rings. The third-order valence-electron chi connectivity index (χ3n) is 18.6. The summed E-state index contributed by atoms with van der Waals surface area (Å²) in [5.41, 5.74) is 29.7. The molecule has 2 aliphatic carbocycles. The molecule has 0 heteroatoms. The monoisotopic (exact) mass is 1080 g/mol. The summed E-state index contributed by atoms with van der Waals surface area (Å²) in [6.45, 7) is 0. The highest BCUT2D eigenvalue weighted by molar-refractivity contribution is 6.37. The average Bonchev–Trinajstić information content (AvgIpc) is 1.51. The Labute approximate surface area is 499 Å². The van der Waals surface area contributed by atoms with Crippen molar-refractivity contribution in [3.63, 3.8) is 0 Å². The molecular formula is C86H52. The zero-order valence-electron chi connectivity index (χ0n) is 47.0. The lowest BCUT2D eigenvalue weighted by molar-refractivity contribution is 1.62. The molecule has 396 valence electrons. The van der Waals surface area contributed by atoms with E-state index < -0.39 is 0 Å². The molecule has 0 N–H and O–H groups in total. The fourth-order valence-corrected chi connectivity index (χ4v) is 15.1. The first-order chi connectivity index (χ1) is 42.7. The van der Waals surface area contributed by atoms with Crippen LogP contribution >= 0.6 is 0 Å². The Hall–Kier alpha value is -11.2. The predicted molar refractivity (Wildman–Crippen MR) is 366 cm³/mol. The summed E-state index contributed by atoms with van der Waals surface area (Å²) in [7, 11) is 0. The minimum atomic E-state index is 1.20. The molecule has 0 spiro atoms. The van der Waals surface area contributed by atoms with E-state index >= 15 is 0 Å². The van der Waals surface area contributed by atoms with Crippen molar-refractivity contribution in [2.24, 2.45) is 0 Å². The number of hydrogen-bond donors (Lipinski definition) is 0. The van der Waals surface area contributed by atoms with Crippen LogP contribution in [0.25, 0.3) is 187 Å². The van der Waals surface area contributed by atoms with E-state index in [0.29, 0.717) is 0 Å². The van der Waals surface area contributed by atoms with Gasteiger partial charge < -0.3 is 0 Å². The van der Waals surface area contributed by atoms with Gasteiger partial charge in [0.2, 0.25) is 0 Å². The van der Waals surface area contributed by atoms with E-state index in [1.165, 1.54) is 187 Å². The molecular weight excluding hydrogens is 1030 g/mol. The van der Waals surface area contributed by atoms with Gasteiger partial charge in [-0.2, -0.15) is 0 Å². The average molecular weight is 1090 g/mol. The smallest absolute Gasteiger partial charge is 0.000697 e. The summed E-state index contributed by atoms with van der Waals surface area (Å²) in [6, 6.07) is 118. The first kappa shape index (κ1) is 48.4. The van der Waals surface area contributed by atoms with Crippen LogP contribution in [0.2, 0.25) is 0 Å². The predicted octanol–water partition coefficient (Wildman–Crippen LogP) is 24.1. The maximum atomic E-state index is 2.50. The lowest BCUT2D eigenvalue weighted by atomic mass is 9.78. The molecule has 86 heavy (non-hydrogen) atoms. The van der Waals surface area contributed by atoms with Gasteiger partial charge in [0.05, 0.1) is 0 Å². The van der Waals surface area contributed by atoms with Gasteiger partial charge in [0, 0.05) is 0 Å². The Bertz CT molecular complexity index is 5070. The normalized spacial score (nSPS) is 12.0. The molecule has 0 nitrogen and oxygen atoms in total. The Morgan fingerprint density at radius 1 is 0.128 bits per heavy atom. The summed E-state index contributed by atoms with van der Waals surface area (Å²) in [6.07, 6.45) is 0. The summed E-state index contributed by atoms with van der Waals surface area (Å²) in [4.78, 5) is 0. The number of hydrogen-bond acceptors (Lipinski definition) is 0. The Morgan fingerprint density at radius 2 is 0.337 bits per heavy atom. The zero-order chi connectivity index (χ0) is 56.4. The third-order valence-corrected chi connectivity index (χ3v) is 18.6. The van der Waals surface area contributed by atoms with Gasteiger partial charge in [0.25, 0.3) is 0 Å².